The van der Waals surface area contributed by atoms with Crippen molar-refractivity contribution in [1.82, 2.24) is 9.55 Å². The average molecular weight is 404 g/mol. The highest BCUT2D eigenvalue weighted by atomic mass is 32.1. The standard InChI is InChI=1S/C23H20N2O3S/c1-14(2)16-6-8-17(9-7-16)19-12-29-21-20(19)22(26)25(13-24-21)11-15-4-3-5-18(10-15)23(27)28/h3-10,12-14H,11H2,1-2H3,(H,27,28). The Morgan fingerprint density at radius 2 is 1.93 bits per heavy atom. The lowest BCUT2D eigenvalue weighted by Crippen LogP contribution is -2.21. The van der Waals surface area contributed by atoms with Gasteiger partial charge in [-0.15, -0.1) is 11.3 Å². The SMILES string of the molecule is CC(C)c1ccc(-c2csc3ncn(Cc4cccc(C(=O)O)c4)c(=O)c23)cc1. The lowest BCUT2D eigenvalue weighted by molar-refractivity contribution is 0.0696. The molecule has 4 aromatic rings. The molecule has 0 radical (unpaired) electrons. The Morgan fingerprint density at radius 3 is 2.62 bits per heavy atom. The number of thiophene rings is 1. The molecule has 2 aromatic heterocycles. The van der Waals surface area contributed by atoms with Gasteiger partial charge in [0.25, 0.3) is 5.56 Å². The predicted octanol–water partition coefficient (Wildman–Crippen LogP) is 4.99. The molecule has 4 rings (SSSR count). The molecule has 0 saturated carbocycles. The van der Waals surface area contributed by atoms with Crippen LogP contribution in [0.25, 0.3) is 21.3 Å². The summed E-state index contributed by atoms with van der Waals surface area (Å²) >= 11 is 1.45. The van der Waals surface area contributed by atoms with E-state index in [-0.39, 0.29) is 17.7 Å². The lowest BCUT2D eigenvalue weighted by Gasteiger charge is -2.08. The van der Waals surface area contributed by atoms with E-state index < -0.39 is 5.97 Å². The largest absolute Gasteiger partial charge is 0.478 e. The van der Waals surface area contributed by atoms with Gasteiger partial charge < -0.3 is 5.11 Å². The summed E-state index contributed by atoms with van der Waals surface area (Å²) in [4.78, 5) is 29.6. The van der Waals surface area contributed by atoms with Crippen LogP contribution in [-0.2, 0) is 6.54 Å². The minimum absolute atomic E-state index is 0.125. The zero-order valence-corrected chi connectivity index (χ0v) is 16.9. The Bertz CT molecular complexity index is 1250. The van der Waals surface area contributed by atoms with Crippen LogP contribution in [0, 0.1) is 0 Å². The van der Waals surface area contributed by atoms with Gasteiger partial charge >= 0.3 is 5.97 Å². The average Bonchev–Trinajstić information content (AvgIpc) is 3.15. The number of carboxylic acid groups (broad SMARTS) is 1. The summed E-state index contributed by atoms with van der Waals surface area (Å²) < 4.78 is 1.53. The van der Waals surface area contributed by atoms with Crippen LogP contribution in [0.4, 0.5) is 0 Å². The van der Waals surface area contributed by atoms with E-state index in [0.717, 1.165) is 16.7 Å². The number of aromatic nitrogens is 2. The Balaban J connectivity index is 1.76. The molecule has 0 aliphatic rings. The van der Waals surface area contributed by atoms with Crippen LogP contribution < -0.4 is 5.56 Å². The smallest absolute Gasteiger partial charge is 0.335 e. The first-order chi connectivity index (χ1) is 13.9. The normalized spacial score (nSPS) is 11.3. The highest BCUT2D eigenvalue weighted by Crippen LogP contribution is 2.31. The van der Waals surface area contributed by atoms with Crippen LogP contribution in [0.3, 0.4) is 0 Å². The molecule has 0 aliphatic carbocycles. The number of carbonyl (C=O) groups is 1. The summed E-state index contributed by atoms with van der Waals surface area (Å²) in [5.74, 6) is -0.540. The van der Waals surface area contributed by atoms with Crippen molar-refractivity contribution in [3.05, 3.63) is 87.3 Å². The van der Waals surface area contributed by atoms with Gasteiger partial charge in [0.05, 0.1) is 23.8 Å². The second-order valence-corrected chi connectivity index (χ2v) is 8.15. The number of benzene rings is 2. The van der Waals surface area contributed by atoms with E-state index in [1.807, 2.05) is 23.6 Å². The van der Waals surface area contributed by atoms with Crippen LogP contribution in [-0.4, -0.2) is 20.6 Å². The van der Waals surface area contributed by atoms with Crippen LogP contribution in [0.5, 0.6) is 0 Å². The first-order valence-electron chi connectivity index (χ1n) is 9.33. The molecule has 146 valence electrons. The molecule has 5 nitrogen and oxygen atoms in total. The van der Waals surface area contributed by atoms with Gasteiger partial charge in [-0.3, -0.25) is 9.36 Å². The number of fused-ring (bicyclic) bond motifs is 1. The van der Waals surface area contributed by atoms with Crippen molar-refractivity contribution < 1.29 is 9.90 Å². The summed E-state index contributed by atoms with van der Waals surface area (Å²) in [6, 6.07) is 14.9. The monoisotopic (exact) mass is 404 g/mol. The summed E-state index contributed by atoms with van der Waals surface area (Å²) in [6.07, 6.45) is 1.53. The molecule has 0 bridgehead atoms. The Morgan fingerprint density at radius 1 is 1.17 bits per heavy atom. The van der Waals surface area contributed by atoms with E-state index in [9.17, 15) is 14.7 Å². The molecule has 1 N–H and O–H groups in total. The molecule has 0 unspecified atom stereocenters. The maximum atomic E-state index is 13.2. The molecule has 0 amide bonds. The fraction of sp³-hybridized carbons (Fsp3) is 0.174. The van der Waals surface area contributed by atoms with Crippen molar-refractivity contribution in [2.24, 2.45) is 0 Å². The minimum Gasteiger partial charge on any atom is -0.478 e. The van der Waals surface area contributed by atoms with Crippen LogP contribution in [0.15, 0.2) is 65.0 Å². The van der Waals surface area contributed by atoms with Crippen molar-refractivity contribution in [2.75, 3.05) is 0 Å². The van der Waals surface area contributed by atoms with Crippen molar-refractivity contribution in [2.45, 2.75) is 26.3 Å². The van der Waals surface area contributed by atoms with Crippen LogP contribution in [0.1, 0.15) is 41.3 Å². The number of aromatic carboxylic acids is 1. The zero-order chi connectivity index (χ0) is 20.5. The van der Waals surface area contributed by atoms with E-state index >= 15 is 0 Å². The van der Waals surface area contributed by atoms with Gasteiger partial charge in [-0.2, -0.15) is 0 Å². The van der Waals surface area contributed by atoms with Gasteiger partial charge in [0.15, 0.2) is 0 Å². The zero-order valence-electron chi connectivity index (χ0n) is 16.1. The van der Waals surface area contributed by atoms with Gasteiger partial charge in [0.1, 0.15) is 4.83 Å². The molecule has 0 aliphatic heterocycles. The summed E-state index contributed by atoms with van der Waals surface area (Å²) in [7, 11) is 0. The molecule has 2 aromatic carbocycles. The van der Waals surface area contributed by atoms with E-state index in [4.69, 9.17) is 0 Å². The molecule has 0 fully saturated rings. The van der Waals surface area contributed by atoms with Gasteiger partial charge in [0.2, 0.25) is 0 Å². The topological polar surface area (TPSA) is 72.2 Å². The number of rotatable bonds is 5. The molecule has 0 spiro atoms. The van der Waals surface area contributed by atoms with Crippen molar-refractivity contribution in [3.8, 4) is 11.1 Å². The molecule has 2 heterocycles. The lowest BCUT2D eigenvalue weighted by atomic mass is 9.99. The van der Waals surface area contributed by atoms with E-state index in [1.165, 1.54) is 33.9 Å². The Labute approximate surface area is 171 Å². The number of nitrogens with zero attached hydrogens (tertiary/aromatic N) is 2. The first kappa shape index (κ1) is 19.1. The number of carboxylic acids is 1. The molecular formula is C23H20N2O3S. The van der Waals surface area contributed by atoms with Gasteiger partial charge in [0, 0.05) is 10.9 Å². The van der Waals surface area contributed by atoms with Gasteiger partial charge in [-0.25, -0.2) is 9.78 Å². The number of hydrogen-bond donors (Lipinski definition) is 1. The molecule has 0 atom stereocenters. The molecule has 0 saturated heterocycles. The third kappa shape index (κ3) is 3.71. The van der Waals surface area contributed by atoms with E-state index in [1.54, 1.807) is 12.1 Å². The third-order valence-electron chi connectivity index (χ3n) is 4.98. The second-order valence-electron chi connectivity index (χ2n) is 7.29. The maximum absolute atomic E-state index is 13.2. The second kappa shape index (κ2) is 7.64. The summed E-state index contributed by atoms with van der Waals surface area (Å²) in [5, 5.41) is 11.8. The summed E-state index contributed by atoms with van der Waals surface area (Å²) in [6.45, 7) is 4.57. The molecule has 29 heavy (non-hydrogen) atoms. The first-order valence-corrected chi connectivity index (χ1v) is 10.2. The van der Waals surface area contributed by atoms with E-state index in [2.05, 4.69) is 31.0 Å². The maximum Gasteiger partial charge on any atom is 0.335 e. The quantitative estimate of drug-likeness (QED) is 0.508. The molecule has 6 heteroatoms. The van der Waals surface area contributed by atoms with E-state index in [0.29, 0.717) is 16.1 Å². The van der Waals surface area contributed by atoms with Gasteiger partial charge in [-0.05, 0) is 34.7 Å². The Hall–Kier alpha value is -3.25. The van der Waals surface area contributed by atoms with Crippen molar-refractivity contribution in [1.29, 1.82) is 0 Å². The fourth-order valence-corrected chi connectivity index (χ4v) is 4.25. The highest BCUT2D eigenvalue weighted by molar-refractivity contribution is 7.17. The number of hydrogen-bond acceptors (Lipinski definition) is 4. The third-order valence-corrected chi connectivity index (χ3v) is 5.86. The van der Waals surface area contributed by atoms with Crippen LogP contribution >= 0.6 is 11.3 Å². The minimum atomic E-state index is -0.988. The fourth-order valence-electron chi connectivity index (χ4n) is 3.34. The predicted molar refractivity (Wildman–Crippen MR) is 116 cm³/mol. The van der Waals surface area contributed by atoms with Gasteiger partial charge in [-0.1, -0.05) is 50.2 Å². The summed E-state index contributed by atoms with van der Waals surface area (Å²) in [5.41, 5.74) is 3.94. The van der Waals surface area contributed by atoms with Crippen molar-refractivity contribution >= 4 is 27.5 Å². The highest BCUT2D eigenvalue weighted by Gasteiger charge is 2.14. The van der Waals surface area contributed by atoms with Crippen molar-refractivity contribution in [3.63, 3.8) is 0 Å². The molecular weight excluding hydrogens is 384 g/mol. The van der Waals surface area contributed by atoms with Crippen LogP contribution in [0.2, 0.25) is 0 Å². The Kier molecular flexibility index (Phi) is 5.03.